The number of benzene rings is 1. The molecule has 0 aliphatic rings. The fraction of sp³-hybridized carbons (Fsp3) is 0.412. The van der Waals surface area contributed by atoms with Crippen LogP contribution in [0.5, 0.6) is 0 Å². The molecule has 1 aromatic heterocycles. The quantitative estimate of drug-likeness (QED) is 0.702. The summed E-state index contributed by atoms with van der Waals surface area (Å²) in [6.07, 6.45) is 2.86. The van der Waals surface area contributed by atoms with Crippen LogP contribution in [0.25, 0.3) is 11.3 Å². The van der Waals surface area contributed by atoms with E-state index < -0.39 is 0 Å². The molecule has 1 heterocycles. The van der Waals surface area contributed by atoms with Gasteiger partial charge in [0.05, 0.1) is 10.0 Å². The molecule has 0 fully saturated rings. The van der Waals surface area contributed by atoms with Gasteiger partial charge in [0.1, 0.15) is 17.0 Å². The molecule has 0 spiro atoms. The van der Waals surface area contributed by atoms with E-state index in [0.29, 0.717) is 39.2 Å². The predicted octanol–water partition coefficient (Wildman–Crippen LogP) is 4.63. The van der Waals surface area contributed by atoms with Crippen molar-refractivity contribution in [2.24, 2.45) is 5.73 Å². The second kappa shape index (κ2) is 10.0. The van der Waals surface area contributed by atoms with Crippen molar-refractivity contribution in [3.63, 3.8) is 0 Å². The van der Waals surface area contributed by atoms with Crippen molar-refractivity contribution in [2.45, 2.75) is 39.2 Å². The Morgan fingerprint density at radius 2 is 2.00 bits per heavy atom. The fourth-order valence-electron chi connectivity index (χ4n) is 2.49. The number of nitrogens with zero attached hydrogens (tertiary/aromatic N) is 1. The molecule has 5 nitrogen and oxygen atoms in total. The van der Waals surface area contributed by atoms with Crippen LogP contribution in [0.2, 0.25) is 10.0 Å². The zero-order valence-corrected chi connectivity index (χ0v) is 16.5. The molecule has 0 aliphatic carbocycles. The van der Waals surface area contributed by atoms with E-state index >= 15 is 0 Å². The smallest absolute Gasteiger partial charge is 0.257 e. The summed E-state index contributed by atoms with van der Waals surface area (Å²) < 4.78 is 5.22. The number of nitrogens with two attached hydrogens (primary N) is 1. The number of nitrogens with one attached hydrogen (secondary N) is 1. The molecular weight excluding hydrogens is 385 g/mol. The number of hydrogen-bond donors (Lipinski definition) is 2. The first-order valence-electron chi connectivity index (χ1n) is 7.91. The third-order valence-electron chi connectivity index (χ3n) is 3.82. The highest BCUT2D eigenvalue weighted by atomic mass is 35.5. The first kappa shape index (κ1) is 21.8. The number of amides is 1. The molecule has 2 rings (SSSR count). The van der Waals surface area contributed by atoms with Crippen molar-refractivity contribution >= 4 is 41.5 Å². The molecule has 1 unspecified atom stereocenters. The Balaban J connectivity index is 0.00000312. The van der Waals surface area contributed by atoms with Gasteiger partial charge in [0.2, 0.25) is 0 Å². The lowest BCUT2D eigenvalue weighted by molar-refractivity contribution is 0.0935. The molecule has 0 bridgehead atoms. The minimum atomic E-state index is -0.286. The maximum absolute atomic E-state index is 12.7. The lowest BCUT2D eigenvalue weighted by Crippen LogP contribution is -2.40. The molecule has 0 aliphatic heterocycles. The van der Waals surface area contributed by atoms with Gasteiger partial charge >= 0.3 is 0 Å². The normalized spacial score (nSPS) is 11.7. The van der Waals surface area contributed by atoms with Crippen LogP contribution in [0.1, 0.15) is 42.3 Å². The van der Waals surface area contributed by atoms with Gasteiger partial charge in [0.25, 0.3) is 5.91 Å². The van der Waals surface area contributed by atoms with Gasteiger partial charge in [0, 0.05) is 18.2 Å². The van der Waals surface area contributed by atoms with E-state index in [9.17, 15) is 4.79 Å². The lowest BCUT2D eigenvalue weighted by Gasteiger charge is -2.16. The van der Waals surface area contributed by atoms with Crippen LogP contribution in [0.4, 0.5) is 0 Å². The van der Waals surface area contributed by atoms with Gasteiger partial charge in [-0.3, -0.25) is 4.79 Å². The number of aryl methyl sites for hydroxylation is 1. The zero-order valence-electron chi connectivity index (χ0n) is 14.1. The summed E-state index contributed by atoms with van der Waals surface area (Å²) in [5.41, 5.74) is 6.91. The lowest BCUT2D eigenvalue weighted by atomic mass is 10.0. The van der Waals surface area contributed by atoms with Gasteiger partial charge in [-0.05, 0) is 25.5 Å². The van der Waals surface area contributed by atoms with Crippen LogP contribution in [-0.4, -0.2) is 23.7 Å². The van der Waals surface area contributed by atoms with Crippen LogP contribution < -0.4 is 11.1 Å². The molecule has 0 radical (unpaired) electrons. The Bertz CT molecular complexity index is 699. The highest BCUT2D eigenvalue weighted by Gasteiger charge is 2.25. The van der Waals surface area contributed by atoms with Crippen molar-refractivity contribution in [1.29, 1.82) is 0 Å². The average molecular weight is 407 g/mol. The number of aromatic nitrogens is 1. The molecule has 1 aromatic carbocycles. The van der Waals surface area contributed by atoms with Crippen LogP contribution in [0.3, 0.4) is 0 Å². The summed E-state index contributed by atoms with van der Waals surface area (Å²) in [6, 6.07) is 5.02. The average Bonchev–Trinajstić information content (AvgIpc) is 2.92. The second-order valence-electron chi connectivity index (χ2n) is 5.61. The Labute approximate surface area is 163 Å². The Hall–Kier alpha value is -1.27. The molecule has 1 amide bonds. The summed E-state index contributed by atoms with van der Waals surface area (Å²) in [5, 5.41) is 7.75. The highest BCUT2D eigenvalue weighted by molar-refractivity contribution is 6.39. The topological polar surface area (TPSA) is 81.1 Å². The molecule has 0 saturated heterocycles. The van der Waals surface area contributed by atoms with E-state index in [1.54, 1.807) is 25.1 Å². The van der Waals surface area contributed by atoms with E-state index in [1.807, 2.05) is 0 Å². The molecule has 1 atom stereocenters. The number of rotatable bonds is 7. The minimum Gasteiger partial charge on any atom is -0.360 e. The van der Waals surface area contributed by atoms with Gasteiger partial charge in [-0.1, -0.05) is 54.2 Å². The first-order chi connectivity index (χ1) is 11.5. The van der Waals surface area contributed by atoms with Crippen LogP contribution in [0.15, 0.2) is 22.7 Å². The molecule has 8 heteroatoms. The summed E-state index contributed by atoms with van der Waals surface area (Å²) in [6.45, 7) is 4.15. The molecule has 138 valence electrons. The Kier molecular flexibility index (Phi) is 8.73. The van der Waals surface area contributed by atoms with Crippen LogP contribution >= 0.6 is 35.6 Å². The maximum Gasteiger partial charge on any atom is 0.257 e. The predicted molar refractivity (Wildman–Crippen MR) is 104 cm³/mol. The highest BCUT2D eigenvalue weighted by Crippen LogP contribution is 2.36. The number of carbonyl (C=O) groups excluding carboxylic acids is 1. The molecule has 2 aromatic rings. The van der Waals surface area contributed by atoms with E-state index in [-0.39, 0.29) is 24.4 Å². The third kappa shape index (κ3) is 5.11. The van der Waals surface area contributed by atoms with Crippen molar-refractivity contribution in [2.75, 3.05) is 6.54 Å². The van der Waals surface area contributed by atoms with Gasteiger partial charge < -0.3 is 15.6 Å². The number of hydrogen-bond acceptors (Lipinski definition) is 4. The minimum absolute atomic E-state index is 0. The molecular formula is C17H22Cl3N3O2. The van der Waals surface area contributed by atoms with E-state index in [2.05, 4.69) is 17.4 Å². The fourth-order valence-corrected chi connectivity index (χ4v) is 3.07. The SMILES string of the molecule is CCCCC(CN)NC(=O)c1c(-c2c(Cl)cccc2Cl)noc1C.Cl. The maximum atomic E-state index is 12.7. The van der Waals surface area contributed by atoms with Gasteiger partial charge in [-0.2, -0.15) is 0 Å². The third-order valence-corrected chi connectivity index (χ3v) is 4.45. The second-order valence-corrected chi connectivity index (χ2v) is 6.42. The monoisotopic (exact) mass is 405 g/mol. The van der Waals surface area contributed by atoms with Gasteiger partial charge in [-0.25, -0.2) is 0 Å². The Morgan fingerprint density at radius 1 is 1.36 bits per heavy atom. The summed E-state index contributed by atoms with van der Waals surface area (Å²) in [7, 11) is 0. The first-order valence-corrected chi connectivity index (χ1v) is 8.66. The Morgan fingerprint density at radius 3 is 2.56 bits per heavy atom. The summed E-state index contributed by atoms with van der Waals surface area (Å²) in [4.78, 5) is 12.7. The van der Waals surface area contributed by atoms with E-state index in [4.69, 9.17) is 33.5 Å². The van der Waals surface area contributed by atoms with Crippen molar-refractivity contribution in [1.82, 2.24) is 10.5 Å². The van der Waals surface area contributed by atoms with Crippen LogP contribution in [-0.2, 0) is 0 Å². The van der Waals surface area contributed by atoms with E-state index in [1.165, 1.54) is 0 Å². The molecule has 25 heavy (non-hydrogen) atoms. The largest absolute Gasteiger partial charge is 0.360 e. The standard InChI is InChI=1S/C17H21Cl2N3O2.ClH/c1-3-4-6-11(9-20)21-17(23)14-10(2)24-22-16(14)15-12(18)7-5-8-13(15)19;/h5,7-8,11H,3-4,6,9,20H2,1-2H3,(H,21,23);1H. The van der Waals surface area contributed by atoms with Crippen molar-refractivity contribution < 1.29 is 9.32 Å². The van der Waals surface area contributed by atoms with Crippen molar-refractivity contribution in [3.05, 3.63) is 39.6 Å². The van der Waals surface area contributed by atoms with E-state index in [0.717, 1.165) is 19.3 Å². The van der Waals surface area contributed by atoms with Crippen molar-refractivity contribution in [3.8, 4) is 11.3 Å². The van der Waals surface area contributed by atoms with Crippen LogP contribution in [0, 0.1) is 6.92 Å². The zero-order chi connectivity index (χ0) is 17.7. The number of halogens is 3. The summed E-state index contributed by atoms with van der Waals surface area (Å²) >= 11 is 12.5. The number of unbranched alkanes of at least 4 members (excludes halogenated alkanes) is 1. The van der Waals surface area contributed by atoms with Gasteiger partial charge in [0.15, 0.2) is 0 Å². The molecule has 0 saturated carbocycles. The number of carbonyl (C=O) groups is 1. The molecule has 3 N–H and O–H groups in total. The summed E-state index contributed by atoms with van der Waals surface area (Å²) in [5.74, 6) is 0.121. The van der Waals surface area contributed by atoms with Gasteiger partial charge in [-0.15, -0.1) is 12.4 Å².